The van der Waals surface area contributed by atoms with Crippen molar-refractivity contribution in [2.24, 2.45) is 0 Å². The van der Waals surface area contributed by atoms with Crippen molar-refractivity contribution in [1.82, 2.24) is 29.7 Å². The molecule has 1 aliphatic rings. The van der Waals surface area contributed by atoms with Crippen LogP contribution in [0.2, 0.25) is 0 Å². The highest BCUT2D eigenvalue weighted by Crippen LogP contribution is 2.37. The van der Waals surface area contributed by atoms with Crippen LogP contribution in [0.5, 0.6) is 5.75 Å². The number of hydrogen-bond donors (Lipinski definition) is 1. The van der Waals surface area contributed by atoms with Gasteiger partial charge in [0.25, 0.3) is 0 Å². The lowest BCUT2D eigenvalue weighted by Gasteiger charge is -2.38. The van der Waals surface area contributed by atoms with E-state index >= 15 is 0 Å². The predicted molar refractivity (Wildman–Crippen MR) is 122 cm³/mol. The van der Waals surface area contributed by atoms with Crippen LogP contribution >= 0.6 is 0 Å². The van der Waals surface area contributed by atoms with Gasteiger partial charge in [-0.25, -0.2) is 9.50 Å². The van der Waals surface area contributed by atoms with Gasteiger partial charge in [-0.2, -0.15) is 10.2 Å². The monoisotopic (exact) mass is 416 g/mol. The first kappa shape index (κ1) is 19.8. The number of nitrogens with zero attached hydrogens (tertiary/aromatic N) is 5. The lowest BCUT2D eigenvalue weighted by molar-refractivity contribution is 0.157. The van der Waals surface area contributed by atoms with Gasteiger partial charge < -0.3 is 9.64 Å². The summed E-state index contributed by atoms with van der Waals surface area (Å²) in [6, 6.07) is 10.9. The Labute approximate surface area is 182 Å². The molecule has 0 bridgehead atoms. The van der Waals surface area contributed by atoms with Crippen LogP contribution in [0.4, 0.5) is 0 Å². The molecule has 1 saturated heterocycles. The Balaban J connectivity index is 1.52. The van der Waals surface area contributed by atoms with E-state index in [1.54, 1.807) is 11.6 Å². The first-order valence-corrected chi connectivity index (χ1v) is 10.9. The molecule has 4 heterocycles. The van der Waals surface area contributed by atoms with Crippen LogP contribution in [-0.2, 0) is 0 Å². The van der Waals surface area contributed by atoms with Crippen LogP contribution in [-0.4, -0.2) is 56.4 Å². The van der Waals surface area contributed by atoms with Crippen LogP contribution in [0.15, 0.2) is 42.9 Å². The summed E-state index contributed by atoms with van der Waals surface area (Å²) in [6.45, 7) is 10.1. The molecule has 1 fully saturated rings. The number of likely N-dealkylation sites (tertiary alicyclic amines) is 1. The van der Waals surface area contributed by atoms with Crippen molar-refractivity contribution in [2.75, 3.05) is 26.7 Å². The lowest BCUT2D eigenvalue weighted by Crippen LogP contribution is -2.44. The number of ether oxygens (including phenoxy) is 1. The van der Waals surface area contributed by atoms with Crippen LogP contribution < -0.4 is 4.74 Å². The zero-order valence-corrected chi connectivity index (χ0v) is 18.5. The van der Waals surface area contributed by atoms with Gasteiger partial charge >= 0.3 is 0 Å². The molecular weight excluding hydrogens is 388 g/mol. The molecule has 0 unspecified atom stereocenters. The first-order chi connectivity index (χ1) is 15.1. The summed E-state index contributed by atoms with van der Waals surface area (Å²) in [5, 5.41) is 12.3. The van der Waals surface area contributed by atoms with E-state index in [0.29, 0.717) is 23.2 Å². The predicted octanol–water partition coefficient (Wildman–Crippen LogP) is 4.34. The minimum atomic E-state index is 0.297. The zero-order chi connectivity index (χ0) is 21.5. The van der Waals surface area contributed by atoms with E-state index in [9.17, 15) is 0 Å². The standard InChI is InChI=1S/C24H28N6O/c1-5-29-11-19(12-29)16-6-8-17(9-7-16)22-21(15(2)3)23(28-27-22)18-10-20(31-4)24-25-14-26-30(24)13-18/h6-10,13-15,19H,5,11-12H2,1-4H3,(H,27,28). The number of aromatic amines is 1. The number of pyridine rings is 1. The molecule has 0 spiro atoms. The lowest BCUT2D eigenvalue weighted by atomic mass is 9.89. The number of rotatable bonds is 6. The van der Waals surface area contributed by atoms with E-state index in [1.165, 1.54) is 17.5 Å². The molecule has 1 aromatic carbocycles. The van der Waals surface area contributed by atoms with Gasteiger partial charge in [0.15, 0.2) is 11.4 Å². The number of aromatic nitrogens is 5. The molecular formula is C24H28N6O. The van der Waals surface area contributed by atoms with Crippen LogP contribution in [0, 0.1) is 0 Å². The van der Waals surface area contributed by atoms with Crippen molar-refractivity contribution in [1.29, 1.82) is 0 Å². The molecule has 7 nitrogen and oxygen atoms in total. The largest absolute Gasteiger partial charge is 0.493 e. The molecule has 1 N–H and O–H groups in total. The summed E-state index contributed by atoms with van der Waals surface area (Å²) < 4.78 is 7.28. The SMILES string of the molecule is CCN1CC(c2ccc(-c3[nH]nc(-c4cc(OC)c5ncnn5c4)c3C(C)C)cc2)C1. The highest BCUT2D eigenvalue weighted by Gasteiger charge is 2.27. The summed E-state index contributed by atoms with van der Waals surface area (Å²) in [7, 11) is 1.65. The Hall–Kier alpha value is -3.19. The molecule has 31 heavy (non-hydrogen) atoms. The normalized spacial score (nSPS) is 15.0. The maximum absolute atomic E-state index is 5.54. The third kappa shape index (κ3) is 3.39. The van der Waals surface area contributed by atoms with Gasteiger partial charge in [0.1, 0.15) is 6.33 Å². The molecule has 0 saturated carbocycles. The third-order valence-electron chi connectivity index (χ3n) is 6.29. The Morgan fingerprint density at radius 3 is 2.61 bits per heavy atom. The maximum atomic E-state index is 5.54. The molecule has 160 valence electrons. The fourth-order valence-electron chi connectivity index (χ4n) is 4.49. The van der Waals surface area contributed by atoms with Crippen molar-refractivity contribution in [3.63, 3.8) is 0 Å². The van der Waals surface area contributed by atoms with Gasteiger partial charge in [0, 0.05) is 36.3 Å². The summed E-state index contributed by atoms with van der Waals surface area (Å²) >= 11 is 0. The molecule has 1 aliphatic heterocycles. The highest BCUT2D eigenvalue weighted by atomic mass is 16.5. The fourth-order valence-corrected chi connectivity index (χ4v) is 4.49. The Kier molecular flexibility index (Phi) is 4.98. The first-order valence-electron chi connectivity index (χ1n) is 10.9. The van der Waals surface area contributed by atoms with Gasteiger partial charge in [-0.05, 0) is 29.7 Å². The van der Waals surface area contributed by atoms with Crippen molar-refractivity contribution < 1.29 is 4.74 Å². The van der Waals surface area contributed by atoms with Gasteiger partial charge in [0.05, 0.1) is 18.5 Å². The summed E-state index contributed by atoms with van der Waals surface area (Å²) in [5.41, 5.74) is 7.40. The molecule has 0 aliphatic carbocycles. The minimum absolute atomic E-state index is 0.297. The van der Waals surface area contributed by atoms with Crippen molar-refractivity contribution in [3.8, 4) is 28.3 Å². The smallest absolute Gasteiger partial charge is 0.197 e. The Morgan fingerprint density at radius 1 is 1.16 bits per heavy atom. The second-order valence-electron chi connectivity index (χ2n) is 8.51. The number of nitrogens with one attached hydrogen (secondary N) is 1. The zero-order valence-electron chi connectivity index (χ0n) is 18.5. The summed E-state index contributed by atoms with van der Waals surface area (Å²) in [5.74, 6) is 1.63. The average Bonchev–Trinajstić information content (AvgIpc) is 3.40. The number of fused-ring (bicyclic) bond motifs is 1. The number of H-pyrrole nitrogens is 1. The molecule has 0 radical (unpaired) electrons. The number of benzene rings is 1. The van der Waals surface area contributed by atoms with E-state index in [2.05, 4.69) is 65.1 Å². The van der Waals surface area contributed by atoms with E-state index in [-0.39, 0.29) is 0 Å². The van der Waals surface area contributed by atoms with E-state index in [1.807, 2.05) is 12.3 Å². The summed E-state index contributed by atoms with van der Waals surface area (Å²) in [4.78, 5) is 6.74. The minimum Gasteiger partial charge on any atom is -0.493 e. The van der Waals surface area contributed by atoms with Crippen molar-refractivity contribution in [2.45, 2.75) is 32.6 Å². The van der Waals surface area contributed by atoms with Gasteiger partial charge in [-0.1, -0.05) is 45.0 Å². The van der Waals surface area contributed by atoms with Gasteiger partial charge in [-0.15, -0.1) is 0 Å². The molecule has 4 aromatic rings. The van der Waals surface area contributed by atoms with Crippen molar-refractivity contribution in [3.05, 3.63) is 54.0 Å². The maximum Gasteiger partial charge on any atom is 0.197 e. The Bertz CT molecular complexity index is 1200. The molecule has 0 atom stereocenters. The second-order valence-corrected chi connectivity index (χ2v) is 8.51. The number of methoxy groups -OCH3 is 1. The molecule has 7 heteroatoms. The molecule has 3 aromatic heterocycles. The van der Waals surface area contributed by atoms with Gasteiger partial charge in [-0.3, -0.25) is 5.10 Å². The molecule has 0 amide bonds. The second kappa shape index (κ2) is 7.81. The molecule has 5 rings (SSSR count). The van der Waals surface area contributed by atoms with Crippen LogP contribution in [0.3, 0.4) is 0 Å². The van der Waals surface area contributed by atoms with E-state index in [4.69, 9.17) is 9.84 Å². The number of hydrogen-bond acceptors (Lipinski definition) is 5. The van der Waals surface area contributed by atoms with Crippen LogP contribution in [0.1, 0.15) is 43.7 Å². The van der Waals surface area contributed by atoms with Crippen LogP contribution in [0.25, 0.3) is 28.2 Å². The fraction of sp³-hybridized carbons (Fsp3) is 0.375. The quantitative estimate of drug-likeness (QED) is 0.506. The average molecular weight is 417 g/mol. The highest BCUT2D eigenvalue weighted by molar-refractivity contribution is 5.76. The number of likely N-dealkylation sites (N-methyl/N-ethyl adjacent to an activating group) is 1. The summed E-state index contributed by atoms with van der Waals surface area (Å²) in [6.07, 6.45) is 3.49. The van der Waals surface area contributed by atoms with Crippen molar-refractivity contribution >= 4 is 5.65 Å². The topological polar surface area (TPSA) is 71.3 Å². The van der Waals surface area contributed by atoms with E-state index in [0.717, 1.165) is 42.1 Å². The van der Waals surface area contributed by atoms with E-state index < -0.39 is 0 Å². The third-order valence-corrected chi connectivity index (χ3v) is 6.29. The Morgan fingerprint density at radius 2 is 1.94 bits per heavy atom. The van der Waals surface area contributed by atoms with Gasteiger partial charge in [0.2, 0.25) is 0 Å².